The Morgan fingerprint density at radius 2 is 0.758 bits per heavy atom. The summed E-state index contributed by atoms with van der Waals surface area (Å²) in [6.07, 6.45) is 0. The lowest BCUT2D eigenvalue weighted by molar-refractivity contribution is 0.668. The summed E-state index contributed by atoms with van der Waals surface area (Å²) in [6, 6.07) is 70.0. The van der Waals surface area contributed by atoms with E-state index in [2.05, 4.69) is 158 Å². The molecule has 0 fully saturated rings. The summed E-state index contributed by atoms with van der Waals surface area (Å²) < 4.78 is 13.0. The monoisotopic (exact) mass is 791 g/mol. The normalized spacial score (nSPS) is 11.9. The van der Waals surface area contributed by atoms with Crippen molar-refractivity contribution >= 4 is 76.2 Å². The van der Waals surface area contributed by atoms with Crippen LogP contribution in [-0.4, -0.2) is 15.0 Å². The quantitative estimate of drug-likeness (QED) is 0.174. The van der Waals surface area contributed by atoms with E-state index in [1.54, 1.807) is 0 Å². The molecule has 13 rings (SSSR count). The Hall–Kier alpha value is -8.41. The molecule has 288 valence electrons. The molecule has 3 heterocycles. The van der Waals surface area contributed by atoms with E-state index < -0.39 is 0 Å². The van der Waals surface area contributed by atoms with Crippen molar-refractivity contribution in [1.82, 2.24) is 15.0 Å². The van der Waals surface area contributed by atoms with Crippen LogP contribution in [0.1, 0.15) is 0 Å². The maximum Gasteiger partial charge on any atom is 0.164 e. The summed E-state index contributed by atoms with van der Waals surface area (Å²) in [7, 11) is 0. The van der Waals surface area contributed by atoms with Gasteiger partial charge in [-0.25, -0.2) is 15.0 Å². The zero-order chi connectivity index (χ0) is 40.7. The molecule has 0 spiro atoms. The number of fused-ring (bicyclic) bond motifs is 9. The van der Waals surface area contributed by atoms with Crippen LogP contribution in [0.15, 0.2) is 209 Å². The standard InChI is InChI=1S/C57H33N3O2/c1-3-14-36-30-38(26-24-34(36)12-1)40-32-48(54-46-19-8-10-22-50(46)62-52(54)33-40)43-28-29-44(42-17-6-5-16-41(42)43)56-58-55(39-27-25-35-13-2-4-15-37(35)31-39)59-57(60-56)47-20-11-23-51-53(47)45-18-7-9-21-49(45)61-51/h1-33H. The lowest BCUT2D eigenvalue weighted by Gasteiger charge is -2.15. The number of rotatable bonds is 5. The second kappa shape index (κ2) is 13.6. The molecule has 0 aliphatic heterocycles. The van der Waals surface area contributed by atoms with E-state index >= 15 is 0 Å². The molecule has 3 aromatic heterocycles. The van der Waals surface area contributed by atoms with Crippen molar-refractivity contribution in [1.29, 1.82) is 0 Å². The van der Waals surface area contributed by atoms with Crippen molar-refractivity contribution < 1.29 is 8.83 Å². The Kier molecular flexibility index (Phi) is 7.54. The molecule has 0 aliphatic carbocycles. The Morgan fingerprint density at radius 1 is 0.258 bits per heavy atom. The van der Waals surface area contributed by atoms with Gasteiger partial charge in [0.25, 0.3) is 0 Å². The van der Waals surface area contributed by atoms with Crippen LogP contribution in [0.3, 0.4) is 0 Å². The van der Waals surface area contributed by atoms with E-state index in [0.29, 0.717) is 17.5 Å². The van der Waals surface area contributed by atoms with Crippen molar-refractivity contribution in [2.24, 2.45) is 0 Å². The number of hydrogen-bond acceptors (Lipinski definition) is 5. The first kappa shape index (κ1) is 34.5. The Balaban J connectivity index is 1.05. The van der Waals surface area contributed by atoms with E-state index in [-0.39, 0.29) is 0 Å². The Morgan fingerprint density at radius 3 is 1.47 bits per heavy atom. The number of benzene rings is 10. The van der Waals surface area contributed by atoms with Gasteiger partial charge in [0.05, 0.1) is 0 Å². The molecule has 0 atom stereocenters. The van der Waals surface area contributed by atoms with Crippen LogP contribution < -0.4 is 0 Å². The Bertz CT molecular complexity index is 3950. The van der Waals surface area contributed by atoms with E-state index in [0.717, 1.165) is 104 Å². The summed E-state index contributed by atoms with van der Waals surface area (Å²) in [5, 5.41) is 11.0. The summed E-state index contributed by atoms with van der Waals surface area (Å²) in [5.41, 5.74) is 10.5. The molecule has 5 heteroatoms. The predicted octanol–water partition coefficient (Wildman–Crippen LogP) is 15.5. The van der Waals surface area contributed by atoms with Gasteiger partial charge in [-0.15, -0.1) is 0 Å². The van der Waals surface area contributed by atoms with Crippen LogP contribution in [0.25, 0.3) is 133 Å². The van der Waals surface area contributed by atoms with Gasteiger partial charge in [0.15, 0.2) is 17.5 Å². The van der Waals surface area contributed by atoms with Gasteiger partial charge in [-0.2, -0.15) is 0 Å². The molecule has 0 aliphatic rings. The highest BCUT2D eigenvalue weighted by Gasteiger charge is 2.22. The van der Waals surface area contributed by atoms with Crippen LogP contribution in [0.2, 0.25) is 0 Å². The van der Waals surface area contributed by atoms with E-state index in [1.165, 1.54) is 10.8 Å². The van der Waals surface area contributed by atoms with Gasteiger partial charge in [0.2, 0.25) is 0 Å². The van der Waals surface area contributed by atoms with Crippen LogP contribution in [0.4, 0.5) is 0 Å². The fourth-order valence-corrected chi connectivity index (χ4v) is 9.37. The highest BCUT2D eigenvalue weighted by Crippen LogP contribution is 2.44. The third-order valence-electron chi connectivity index (χ3n) is 12.3. The fraction of sp³-hybridized carbons (Fsp3) is 0. The number of aromatic nitrogens is 3. The molecule has 0 saturated carbocycles. The van der Waals surface area contributed by atoms with E-state index in [4.69, 9.17) is 23.8 Å². The van der Waals surface area contributed by atoms with Gasteiger partial charge in [-0.1, -0.05) is 152 Å². The molecular formula is C57H33N3O2. The first-order chi connectivity index (χ1) is 30.7. The van der Waals surface area contributed by atoms with Crippen molar-refractivity contribution in [2.45, 2.75) is 0 Å². The molecule has 13 aromatic rings. The predicted molar refractivity (Wildman–Crippen MR) is 254 cm³/mol. The van der Waals surface area contributed by atoms with Gasteiger partial charge in [-0.3, -0.25) is 0 Å². The maximum atomic E-state index is 6.62. The van der Waals surface area contributed by atoms with Crippen LogP contribution in [0, 0.1) is 0 Å². The average Bonchev–Trinajstić information content (AvgIpc) is 3.92. The lowest BCUT2D eigenvalue weighted by atomic mass is 9.89. The van der Waals surface area contributed by atoms with Crippen molar-refractivity contribution in [2.75, 3.05) is 0 Å². The van der Waals surface area contributed by atoms with Gasteiger partial charge in [0.1, 0.15) is 22.3 Å². The third kappa shape index (κ3) is 5.45. The van der Waals surface area contributed by atoms with Crippen molar-refractivity contribution in [3.8, 4) is 56.4 Å². The van der Waals surface area contributed by atoms with Gasteiger partial charge in [-0.05, 0) is 103 Å². The third-order valence-corrected chi connectivity index (χ3v) is 12.3. The minimum Gasteiger partial charge on any atom is -0.456 e. The van der Waals surface area contributed by atoms with E-state index in [1.807, 2.05) is 42.5 Å². The number of furan rings is 2. The van der Waals surface area contributed by atoms with Crippen molar-refractivity contribution in [3.05, 3.63) is 200 Å². The molecule has 0 bridgehead atoms. The number of nitrogens with zero attached hydrogens (tertiary/aromatic N) is 3. The smallest absolute Gasteiger partial charge is 0.164 e. The molecule has 0 N–H and O–H groups in total. The average molecular weight is 792 g/mol. The van der Waals surface area contributed by atoms with Crippen LogP contribution >= 0.6 is 0 Å². The first-order valence-corrected chi connectivity index (χ1v) is 20.8. The molecule has 10 aromatic carbocycles. The van der Waals surface area contributed by atoms with Crippen molar-refractivity contribution in [3.63, 3.8) is 0 Å². The second-order valence-electron chi connectivity index (χ2n) is 15.9. The van der Waals surface area contributed by atoms with Gasteiger partial charge >= 0.3 is 0 Å². The van der Waals surface area contributed by atoms with Crippen LogP contribution in [-0.2, 0) is 0 Å². The zero-order valence-corrected chi connectivity index (χ0v) is 33.2. The van der Waals surface area contributed by atoms with Gasteiger partial charge < -0.3 is 8.83 Å². The molecule has 62 heavy (non-hydrogen) atoms. The minimum atomic E-state index is 0.582. The Labute approximate surface area is 355 Å². The molecule has 5 nitrogen and oxygen atoms in total. The molecule has 0 saturated heterocycles. The summed E-state index contributed by atoms with van der Waals surface area (Å²) in [6.45, 7) is 0. The first-order valence-electron chi connectivity index (χ1n) is 20.8. The number of para-hydroxylation sites is 2. The molecule has 0 unspecified atom stereocenters. The molecular weight excluding hydrogens is 759 g/mol. The summed E-state index contributed by atoms with van der Waals surface area (Å²) >= 11 is 0. The maximum absolute atomic E-state index is 6.62. The fourth-order valence-electron chi connectivity index (χ4n) is 9.37. The number of hydrogen-bond donors (Lipinski definition) is 0. The highest BCUT2D eigenvalue weighted by molar-refractivity contribution is 6.18. The summed E-state index contributed by atoms with van der Waals surface area (Å²) in [5.74, 6) is 1.77. The van der Waals surface area contributed by atoms with E-state index in [9.17, 15) is 0 Å². The zero-order valence-electron chi connectivity index (χ0n) is 33.2. The highest BCUT2D eigenvalue weighted by atomic mass is 16.3. The molecule has 0 amide bonds. The van der Waals surface area contributed by atoms with Gasteiger partial charge in [0, 0.05) is 38.2 Å². The molecule has 0 radical (unpaired) electrons. The van der Waals surface area contributed by atoms with Crippen LogP contribution in [0.5, 0.6) is 0 Å². The minimum absolute atomic E-state index is 0.582. The summed E-state index contributed by atoms with van der Waals surface area (Å²) in [4.78, 5) is 15.9. The topological polar surface area (TPSA) is 65.0 Å². The SMILES string of the molecule is c1ccc2cc(-c3cc(-c4ccc(-c5nc(-c6ccc7ccccc7c6)nc(-c6cccc7oc8ccccc8c67)n5)c5ccccc45)c4c(c3)oc3ccccc34)ccc2c1. The second-order valence-corrected chi connectivity index (χ2v) is 15.9. The largest absolute Gasteiger partial charge is 0.456 e. The lowest BCUT2D eigenvalue weighted by Crippen LogP contribution is -2.01.